The summed E-state index contributed by atoms with van der Waals surface area (Å²) >= 11 is 0. The van der Waals surface area contributed by atoms with E-state index < -0.39 is 0 Å². The zero-order valence-corrected chi connectivity index (χ0v) is 7.14. The first-order chi connectivity index (χ1) is 4.81. The highest BCUT2D eigenvalue weighted by atomic mass is 14.0. The minimum absolute atomic E-state index is 0.800. The second kappa shape index (κ2) is 6.60. The molecule has 0 saturated carbocycles. The molecule has 58 valence electrons. The smallest absolute Gasteiger partial charge is 0.0327 e. The Balaban J connectivity index is 3.20. The second-order valence-electron chi connectivity index (χ2n) is 2.78. The molecular formula is C10H18. The largest absolute Gasteiger partial charge is 0.103 e. The summed E-state index contributed by atoms with van der Waals surface area (Å²) in [5.74, 6) is 0.800. The fraction of sp³-hybridized carbons (Fsp3) is 0.600. The normalized spacial score (nSPS) is 13.8. The van der Waals surface area contributed by atoms with Crippen molar-refractivity contribution in [3.8, 4) is 0 Å². The highest BCUT2D eigenvalue weighted by Crippen LogP contribution is 2.10. The summed E-state index contributed by atoms with van der Waals surface area (Å²) in [5.41, 5.74) is 0. The van der Waals surface area contributed by atoms with Crippen molar-refractivity contribution < 1.29 is 0 Å². The van der Waals surface area contributed by atoms with E-state index in [9.17, 15) is 0 Å². The average molecular weight is 138 g/mol. The Bertz CT molecular complexity index is 101. The fourth-order valence-corrected chi connectivity index (χ4v) is 0.950. The molecule has 0 radical (unpaired) electrons. The van der Waals surface area contributed by atoms with Gasteiger partial charge in [-0.1, -0.05) is 25.2 Å². The van der Waals surface area contributed by atoms with Gasteiger partial charge in [0, 0.05) is 0 Å². The average Bonchev–Trinajstić information content (AvgIpc) is 1.89. The Labute approximate surface area is 64.6 Å². The first-order valence-electron chi connectivity index (χ1n) is 4.03. The zero-order valence-electron chi connectivity index (χ0n) is 7.14. The highest BCUT2D eigenvalue weighted by Gasteiger charge is 1.95. The van der Waals surface area contributed by atoms with Crippen molar-refractivity contribution in [1.29, 1.82) is 0 Å². The third kappa shape index (κ3) is 5.61. The van der Waals surface area contributed by atoms with Gasteiger partial charge < -0.3 is 0 Å². The zero-order chi connectivity index (χ0) is 7.82. The standard InChI is InChI=1S/C10H18/c1-4-6-7-9-10(3)8-5-2/h4-6,10H,2,7-9H2,1,3H3. The van der Waals surface area contributed by atoms with Gasteiger partial charge >= 0.3 is 0 Å². The van der Waals surface area contributed by atoms with Gasteiger partial charge in [-0.05, 0) is 32.1 Å². The highest BCUT2D eigenvalue weighted by molar-refractivity contribution is 4.79. The predicted octanol–water partition coefficient (Wildman–Crippen LogP) is 3.55. The molecule has 0 heterocycles. The summed E-state index contributed by atoms with van der Waals surface area (Å²) in [7, 11) is 0. The van der Waals surface area contributed by atoms with Crippen LogP contribution >= 0.6 is 0 Å². The molecule has 0 saturated heterocycles. The summed E-state index contributed by atoms with van der Waals surface area (Å²) < 4.78 is 0. The summed E-state index contributed by atoms with van der Waals surface area (Å²) in [6.45, 7) is 8.05. The van der Waals surface area contributed by atoms with Gasteiger partial charge in [0.2, 0.25) is 0 Å². The van der Waals surface area contributed by atoms with Gasteiger partial charge in [-0.15, -0.1) is 6.58 Å². The minimum atomic E-state index is 0.800. The fourth-order valence-electron chi connectivity index (χ4n) is 0.950. The van der Waals surface area contributed by atoms with Crippen molar-refractivity contribution >= 4 is 0 Å². The van der Waals surface area contributed by atoms with E-state index in [1.165, 1.54) is 12.8 Å². The molecule has 0 aliphatic rings. The number of rotatable bonds is 5. The van der Waals surface area contributed by atoms with Gasteiger partial charge in [0.05, 0.1) is 0 Å². The first kappa shape index (κ1) is 9.48. The molecule has 0 aromatic carbocycles. The van der Waals surface area contributed by atoms with E-state index in [1.807, 2.05) is 6.08 Å². The summed E-state index contributed by atoms with van der Waals surface area (Å²) in [6.07, 6.45) is 9.99. The van der Waals surface area contributed by atoms with E-state index in [-0.39, 0.29) is 0 Å². The summed E-state index contributed by atoms with van der Waals surface area (Å²) in [6, 6.07) is 0. The van der Waals surface area contributed by atoms with E-state index in [2.05, 4.69) is 32.6 Å². The van der Waals surface area contributed by atoms with Crippen molar-refractivity contribution in [1.82, 2.24) is 0 Å². The van der Waals surface area contributed by atoms with Gasteiger partial charge in [0.25, 0.3) is 0 Å². The molecule has 0 aromatic rings. The Morgan fingerprint density at radius 3 is 2.70 bits per heavy atom. The lowest BCUT2D eigenvalue weighted by Gasteiger charge is -2.04. The van der Waals surface area contributed by atoms with E-state index in [1.54, 1.807) is 0 Å². The van der Waals surface area contributed by atoms with Crippen molar-refractivity contribution in [2.24, 2.45) is 5.92 Å². The van der Waals surface area contributed by atoms with E-state index in [4.69, 9.17) is 0 Å². The maximum Gasteiger partial charge on any atom is -0.0327 e. The summed E-state index contributed by atoms with van der Waals surface area (Å²) in [5, 5.41) is 0. The molecule has 0 aliphatic heterocycles. The molecule has 0 N–H and O–H groups in total. The quantitative estimate of drug-likeness (QED) is 0.510. The number of allylic oxidation sites excluding steroid dienone is 3. The van der Waals surface area contributed by atoms with E-state index >= 15 is 0 Å². The van der Waals surface area contributed by atoms with Crippen LogP contribution < -0.4 is 0 Å². The number of hydrogen-bond donors (Lipinski definition) is 0. The molecule has 0 amide bonds. The first-order valence-corrected chi connectivity index (χ1v) is 4.03. The monoisotopic (exact) mass is 138 g/mol. The lowest BCUT2D eigenvalue weighted by atomic mass is 10.0. The number of hydrogen-bond acceptors (Lipinski definition) is 0. The molecule has 0 aliphatic carbocycles. The molecule has 0 aromatic heterocycles. The van der Waals surface area contributed by atoms with Crippen LogP contribution in [0.4, 0.5) is 0 Å². The van der Waals surface area contributed by atoms with Crippen molar-refractivity contribution in [2.75, 3.05) is 0 Å². The van der Waals surface area contributed by atoms with Crippen LogP contribution in [0.1, 0.15) is 33.1 Å². The van der Waals surface area contributed by atoms with Crippen LogP contribution in [0.3, 0.4) is 0 Å². The Hall–Kier alpha value is -0.520. The molecule has 10 heavy (non-hydrogen) atoms. The second-order valence-corrected chi connectivity index (χ2v) is 2.78. The molecule has 0 fully saturated rings. The predicted molar refractivity (Wildman–Crippen MR) is 48.0 cm³/mol. The van der Waals surface area contributed by atoms with Gasteiger partial charge in [-0.25, -0.2) is 0 Å². The van der Waals surface area contributed by atoms with E-state index in [0.717, 1.165) is 12.3 Å². The third-order valence-electron chi connectivity index (χ3n) is 1.63. The van der Waals surface area contributed by atoms with Gasteiger partial charge in [-0.3, -0.25) is 0 Å². The van der Waals surface area contributed by atoms with Crippen LogP contribution in [0.25, 0.3) is 0 Å². The van der Waals surface area contributed by atoms with Gasteiger partial charge in [0.1, 0.15) is 0 Å². The summed E-state index contributed by atoms with van der Waals surface area (Å²) in [4.78, 5) is 0. The van der Waals surface area contributed by atoms with Crippen LogP contribution in [0, 0.1) is 5.92 Å². The van der Waals surface area contributed by atoms with Crippen LogP contribution in [-0.2, 0) is 0 Å². The molecule has 1 atom stereocenters. The Kier molecular flexibility index (Phi) is 6.25. The minimum Gasteiger partial charge on any atom is -0.103 e. The lowest BCUT2D eigenvalue weighted by Crippen LogP contribution is -1.90. The molecule has 0 nitrogen and oxygen atoms in total. The maximum atomic E-state index is 3.71. The van der Waals surface area contributed by atoms with Crippen LogP contribution in [-0.4, -0.2) is 0 Å². The SMILES string of the molecule is C=CCC(C)CCC=CC. The Morgan fingerprint density at radius 2 is 2.20 bits per heavy atom. The van der Waals surface area contributed by atoms with Crippen LogP contribution in [0.5, 0.6) is 0 Å². The van der Waals surface area contributed by atoms with Gasteiger partial charge in [0.15, 0.2) is 0 Å². The molecule has 0 heteroatoms. The maximum absolute atomic E-state index is 3.71. The third-order valence-corrected chi connectivity index (χ3v) is 1.63. The lowest BCUT2D eigenvalue weighted by molar-refractivity contribution is 0.547. The molecule has 0 rings (SSSR count). The van der Waals surface area contributed by atoms with Crippen molar-refractivity contribution in [3.05, 3.63) is 24.8 Å². The van der Waals surface area contributed by atoms with Gasteiger partial charge in [-0.2, -0.15) is 0 Å². The van der Waals surface area contributed by atoms with E-state index in [0.29, 0.717) is 0 Å². The molecule has 1 unspecified atom stereocenters. The molecule has 0 bridgehead atoms. The Morgan fingerprint density at radius 1 is 1.50 bits per heavy atom. The van der Waals surface area contributed by atoms with Crippen LogP contribution in [0.2, 0.25) is 0 Å². The molecular weight excluding hydrogens is 120 g/mol. The van der Waals surface area contributed by atoms with Crippen LogP contribution in [0.15, 0.2) is 24.8 Å². The molecule has 0 spiro atoms. The van der Waals surface area contributed by atoms with Crippen molar-refractivity contribution in [2.45, 2.75) is 33.1 Å². The van der Waals surface area contributed by atoms with Crippen molar-refractivity contribution in [3.63, 3.8) is 0 Å². The topological polar surface area (TPSA) is 0 Å².